The van der Waals surface area contributed by atoms with Gasteiger partial charge in [0.1, 0.15) is 0 Å². The fraction of sp³-hybridized carbons (Fsp3) is 0.333. The second kappa shape index (κ2) is 4.93. The van der Waals surface area contributed by atoms with Crippen molar-refractivity contribution in [3.05, 3.63) is 56.1 Å². The van der Waals surface area contributed by atoms with Crippen LogP contribution in [0.4, 0.5) is 0 Å². The van der Waals surface area contributed by atoms with Crippen LogP contribution in [0, 0.1) is 62.3 Å². The van der Waals surface area contributed by atoms with Gasteiger partial charge in [0.05, 0.1) is 0 Å². The molecule has 0 nitrogen and oxygen atoms in total. The highest BCUT2D eigenvalue weighted by atomic mass is 14.3. The summed E-state index contributed by atoms with van der Waals surface area (Å²) in [6.45, 7) is 20.7. The minimum absolute atomic E-state index is 1.45. The van der Waals surface area contributed by atoms with Crippen LogP contribution in [0.3, 0.4) is 0 Å². The Hall–Kier alpha value is -2.34. The first-order chi connectivity index (χ1) is 12.7. The number of aryl methyl sites for hydroxylation is 5. The molecule has 0 saturated heterocycles. The third kappa shape index (κ3) is 1.66. The lowest BCUT2D eigenvalue weighted by Gasteiger charge is -2.28. The molecule has 0 bridgehead atoms. The maximum absolute atomic E-state index is 2.49. The van der Waals surface area contributed by atoms with E-state index in [2.05, 4.69) is 68.4 Å². The summed E-state index contributed by atoms with van der Waals surface area (Å²) in [5.74, 6) is 0. The third-order valence-electron chi connectivity index (χ3n) is 7.99. The van der Waals surface area contributed by atoms with E-state index in [-0.39, 0.29) is 0 Å². The van der Waals surface area contributed by atoms with Crippen LogP contribution in [0.1, 0.15) is 50.1 Å². The second-order valence-corrected chi connectivity index (χ2v) is 8.85. The normalized spacial score (nSPS) is 12.6. The molecule has 0 radical (unpaired) electrons. The van der Waals surface area contributed by atoms with Gasteiger partial charge in [0.25, 0.3) is 0 Å². The lowest BCUT2D eigenvalue weighted by molar-refractivity contribution is 1.25. The number of hydrogen-bond donors (Lipinski definition) is 0. The Bertz CT molecular complexity index is 1320. The van der Waals surface area contributed by atoms with E-state index in [4.69, 9.17) is 0 Å². The van der Waals surface area contributed by atoms with Crippen molar-refractivity contribution < 1.29 is 0 Å². The molecule has 27 heavy (non-hydrogen) atoms. The van der Waals surface area contributed by atoms with Crippen molar-refractivity contribution in [2.24, 2.45) is 0 Å². The number of hydrogen-bond acceptors (Lipinski definition) is 0. The van der Waals surface area contributed by atoms with Gasteiger partial charge in [-0.1, -0.05) is 0 Å². The van der Waals surface area contributed by atoms with Crippen molar-refractivity contribution in [1.82, 2.24) is 0 Å². The maximum Gasteiger partial charge on any atom is -0.00601 e. The van der Waals surface area contributed by atoms with Gasteiger partial charge in [-0.05, 0) is 162 Å². The Kier molecular flexibility index (Phi) is 3.07. The minimum Gasteiger partial charge on any atom is -0.0452 e. The van der Waals surface area contributed by atoms with E-state index >= 15 is 0 Å². The van der Waals surface area contributed by atoms with Crippen molar-refractivity contribution >= 4 is 43.1 Å². The average molecular weight is 353 g/mol. The zero-order chi connectivity index (χ0) is 19.5. The van der Waals surface area contributed by atoms with Crippen LogP contribution in [0.15, 0.2) is 6.07 Å². The number of fused-ring (bicyclic) bond motifs is 8. The Labute approximate surface area is 161 Å². The van der Waals surface area contributed by atoms with E-state index in [1.54, 1.807) is 0 Å². The highest BCUT2D eigenvalue weighted by molar-refractivity contribution is 6.38. The summed E-state index contributed by atoms with van der Waals surface area (Å²) >= 11 is 0. The Morgan fingerprint density at radius 3 is 0.889 bits per heavy atom. The third-order valence-corrected chi connectivity index (χ3v) is 7.99. The zero-order valence-electron chi connectivity index (χ0n) is 18.1. The van der Waals surface area contributed by atoms with E-state index in [0.29, 0.717) is 0 Å². The predicted molar refractivity (Wildman–Crippen MR) is 121 cm³/mol. The van der Waals surface area contributed by atoms with Gasteiger partial charge in [-0.25, -0.2) is 0 Å². The van der Waals surface area contributed by atoms with Crippen LogP contribution in [0.5, 0.6) is 0 Å². The standard InChI is InChI=1S/C27H28/c1-11-13(3)17(7)26-22(15(11)5)20-10-21-23-16(6)12(2)14(4)18(8)27(23)25(21)19(9)24(20)26/h10H,1-9H3. The molecule has 0 aliphatic heterocycles. The van der Waals surface area contributed by atoms with E-state index in [0.717, 1.165) is 0 Å². The molecule has 0 aliphatic rings. The molecule has 0 spiro atoms. The van der Waals surface area contributed by atoms with Gasteiger partial charge in [0.15, 0.2) is 0 Å². The Balaban J connectivity index is 2.06. The molecule has 0 heterocycles. The van der Waals surface area contributed by atoms with Gasteiger partial charge < -0.3 is 0 Å². The van der Waals surface area contributed by atoms with E-state index in [9.17, 15) is 0 Å². The summed E-state index contributed by atoms with van der Waals surface area (Å²) < 4.78 is 0. The van der Waals surface area contributed by atoms with Crippen LogP contribution in [-0.4, -0.2) is 0 Å². The molecular formula is C27H28. The van der Waals surface area contributed by atoms with Crippen LogP contribution >= 0.6 is 0 Å². The first-order valence-corrected chi connectivity index (χ1v) is 10.1. The van der Waals surface area contributed by atoms with Gasteiger partial charge in [-0.2, -0.15) is 0 Å². The number of benzene rings is 3. The molecule has 0 amide bonds. The van der Waals surface area contributed by atoms with Crippen molar-refractivity contribution in [2.75, 3.05) is 0 Å². The van der Waals surface area contributed by atoms with E-state index in [1.807, 2.05) is 0 Å². The molecule has 0 N–H and O–H groups in total. The minimum atomic E-state index is 1.45. The molecule has 0 fully saturated rings. The molecular weight excluding hydrogens is 324 g/mol. The Morgan fingerprint density at radius 1 is 0.296 bits per heavy atom. The van der Waals surface area contributed by atoms with Gasteiger partial charge in [0, 0.05) is 0 Å². The average Bonchev–Trinajstić information content (AvgIpc) is 2.59. The molecule has 0 aliphatic carbocycles. The lowest BCUT2D eigenvalue weighted by atomic mass is 9.76. The van der Waals surface area contributed by atoms with E-state index < -0.39 is 0 Å². The fourth-order valence-corrected chi connectivity index (χ4v) is 5.65. The molecule has 5 aromatic rings. The van der Waals surface area contributed by atoms with Crippen LogP contribution in [-0.2, 0) is 0 Å². The Morgan fingerprint density at radius 2 is 0.556 bits per heavy atom. The summed E-state index contributed by atoms with van der Waals surface area (Å²) in [5, 5.41) is 12.0. The highest BCUT2D eigenvalue weighted by Crippen LogP contribution is 2.51. The lowest BCUT2D eigenvalue weighted by Crippen LogP contribution is -2.04. The molecule has 0 saturated carbocycles. The van der Waals surface area contributed by atoms with Crippen molar-refractivity contribution in [3.63, 3.8) is 0 Å². The van der Waals surface area contributed by atoms with Gasteiger partial charge >= 0.3 is 0 Å². The van der Waals surface area contributed by atoms with Crippen molar-refractivity contribution in [1.29, 1.82) is 0 Å². The van der Waals surface area contributed by atoms with E-state index in [1.165, 1.54) is 93.2 Å². The molecule has 0 unspecified atom stereocenters. The summed E-state index contributed by atoms with van der Waals surface area (Å²) in [4.78, 5) is 0. The monoisotopic (exact) mass is 352 g/mol. The fourth-order valence-electron chi connectivity index (χ4n) is 5.65. The van der Waals surface area contributed by atoms with Gasteiger partial charge in [-0.3, -0.25) is 0 Å². The van der Waals surface area contributed by atoms with Crippen molar-refractivity contribution in [3.8, 4) is 0 Å². The van der Waals surface area contributed by atoms with Gasteiger partial charge in [-0.15, -0.1) is 0 Å². The largest absolute Gasteiger partial charge is 0.0452 e. The smallest absolute Gasteiger partial charge is 0.00601 e. The molecule has 136 valence electrons. The second-order valence-electron chi connectivity index (χ2n) is 8.85. The number of rotatable bonds is 0. The summed E-state index contributed by atoms with van der Waals surface area (Å²) in [6.07, 6.45) is 0. The highest BCUT2D eigenvalue weighted by Gasteiger charge is 2.26. The summed E-state index contributed by atoms with van der Waals surface area (Å²) in [7, 11) is 0. The molecule has 0 aromatic heterocycles. The first-order valence-electron chi connectivity index (χ1n) is 10.1. The molecule has 5 rings (SSSR count). The molecule has 0 heteroatoms. The first kappa shape index (κ1) is 16.8. The van der Waals surface area contributed by atoms with Crippen LogP contribution < -0.4 is 0 Å². The molecule has 5 aromatic carbocycles. The topological polar surface area (TPSA) is 0 Å². The predicted octanol–water partition coefficient (Wildman–Crippen LogP) is 7.95. The zero-order valence-corrected chi connectivity index (χ0v) is 18.1. The maximum atomic E-state index is 2.49. The quantitative estimate of drug-likeness (QED) is 0.265. The molecule has 0 atom stereocenters. The summed E-state index contributed by atoms with van der Waals surface area (Å²) in [6, 6.07) is 2.49. The van der Waals surface area contributed by atoms with Crippen LogP contribution in [0.25, 0.3) is 43.1 Å². The van der Waals surface area contributed by atoms with Crippen molar-refractivity contribution in [2.45, 2.75) is 62.3 Å². The van der Waals surface area contributed by atoms with Crippen LogP contribution in [0.2, 0.25) is 0 Å². The SMILES string of the molecule is Cc1c(C)c(C)c2c(c1C)c1cc3c4c(C)c(C)c(C)c(C)c4c3c(C)c12. The summed E-state index contributed by atoms with van der Waals surface area (Å²) in [5.41, 5.74) is 13.2. The van der Waals surface area contributed by atoms with Gasteiger partial charge in [0.2, 0.25) is 0 Å².